The van der Waals surface area contributed by atoms with Crippen LogP contribution in [0, 0.1) is 5.92 Å². The first kappa shape index (κ1) is 25.3. The van der Waals surface area contributed by atoms with Crippen molar-refractivity contribution >= 4 is 21.8 Å². The summed E-state index contributed by atoms with van der Waals surface area (Å²) in [5.41, 5.74) is 0.446. The van der Waals surface area contributed by atoms with Crippen LogP contribution in [0.25, 0.3) is 0 Å². The number of likely N-dealkylation sites (tertiary alicyclic amines) is 1. The number of sulfonamides is 1. The Labute approximate surface area is 196 Å². The van der Waals surface area contributed by atoms with E-state index in [0.29, 0.717) is 43.3 Å². The predicted molar refractivity (Wildman–Crippen MR) is 125 cm³/mol. The molecule has 2 fully saturated rings. The van der Waals surface area contributed by atoms with E-state index in [1.807, 2.05) is 11.8 Å². The van der Waals surface area contributed by atoms with E-state index >= 15 is 0 Å². The maximum atomic E-state index is 12.7. The summed E-state index contributed by atoms with van der Waals surface area (Å²) in [5.74, 6) is 0.838. The van der Waals surface area contributed by atoms with Crippen molar-refractivity contribution in [3.63, 3.8) is 0 Å². The maximum absolute atomic E-state index is 12.7. The molecule has 2 amide bonds. The highest BCUT2D eigenvalue weighted by Gasteiger charge is 2.25. The summed E-state index contributed by atoms with van der Waals surface area (Å²) in [6.45, 7) is 5.19. The van der Waals surface area contributed by atoms with Crippen molar-refractivity contribution in [1.29, 1.82) is 0 Å². The maximum Gasteiger partial charge on any atom is 0.260 e. The minimum Gasteiger partial charge on any atom is -0.490 e. The second-order valence-electron chi connectivity index (χ2n) is 8.64. The minimum atomic E-state index is -3.16. The van der Waals surface area contributed by atoms with Crippen molar-refractivity contribution in [2.24, 2.45) is 5.92 Å². The van der Waals surface area contributed by atoms with Crippen molar-refractivity contribution in [2.45, 2.75) is 39.0 Å². The van der Waals surface area contributed by atoms with Gasteiger partial charge in [-0.3, -0.25) is 9.59 Å². The molecule has 10 heteroatoms. The van der Waals surface area contributed by atoms with Crippen LogP contribution in [0.4, 0.5) is 0 Å². The van der Waals surface area contributed by atoms with Gasteiger partial charge in [-0.2, -0.15) is 0 Å². The Morgan fingerprint density at radius 1 is 1.03 bits per heavy atom. The van der Waals surface area contributed by atoms with Crippen LogP contribution in [0.15, 0.2) is 18.2 Å². The van der Waals surface area contributed by atoms with Gasteiger partial charge in [-0.1, -0.05) is 0 Å². The van der Waals surface area contributed by atoms with Crippen molar-refractivity contribution in [3.8, 4) is 11.5 Å². The molecule has 2 heterocycles. The number of hydrogen-bond acceptors (Lipinski definition) is 6. The topological polar surface area (TPSA) is 105 Å². The molecule has 0 radical (unpaired) electrons. The smallest absolute Gasteiger partial charge is 0.260 e. The number of carbonyl (C=O) groups is 2. The zero-order chi connectivity index (χ0) is 23.8. The first-order valence-electron chi connectivity index (χ1n) is 11.7. The second-order valence-corrected chi connectivity index (χ2v) is 10.6. The number of hydrogen-bond donors (Lipinski definition) is 1. The Morgan fingerprint density at radius 3 is 2.36 bits per heavy atom. The highest BCUT2D eigenvalue weighted by atomic mass is 32.2. The summed E-state index contributed by atoms with van der Waals surface area (Å²) < 4.78 is 36.1. The van der Waals surface area contributed by atoms with Crippen LogP contribution >= 0.6 is 0 Å². The molecule has 9 nitrogen and oxygen atoms in total. The fourth-order valence-electron chi connectivity index (χ4n) is 4.20. The fraction of sp³-hybridized carbons (Fsp3) is 0.652. The zero-order valence-electron chi connectivity index (χ0n) is 19.5. The van der Waals surface area contributed by atoms with Gasteiger partial charge in [0.2, 0.25) is 10.0 Å². The van der Waals surface area contributed by atoms with Crippen molar-refractivity contribution in [2.75, 3.05) is 52.2 Å². The molecule has 1 aromatic rings. The number of nitrogens with zero attached hydrogens (tertiary/aromatic N) is 2. The predicted octanol–water partition coefficient (Wildman–Crippen LogP) is 1.88. The van der Waals surface area contributed by atoms with Gasteiger partial charge in [0.05, 0.1) is 12.9 Å². The zero-order valence-corrected chi connectivity index (χ0v) is 20.4. The van der Waals surface area contributed by atoms with Crippen LogP contribution in [0.1, 0.15) is 49.4 Å². The normalized spacial score (nSPS) is 18.1. The summed E-state index contributed by atoms with van der Waals surface area (Å²) >= 11 is 0. The van der Waals surface area contributed by atoms with Crippen LogP contribution in [-0.2, 0) is 14.8 Å². The highest BCUT2D eigenvalue weighted by molar-refractivity contribution is 7.88. The van der Waals surface area contributed by atoms with E-state index in [2.05, 4.69) is 5.32 Å². The Hall–Kier alpha value is -2.33. The molecule has 2 aliphatic rings. The summed E-state index contributed by atoms with van der Waals surface area (Å²) in [6, 6.07) is 4.95. The molecular weight excluding hydrogens is 446 g/mol. The molecule has 2 aliphatic heterocycles. The number of piperidine rings is 2. The summed E-state index contributed by atoms with van der Waals surface area (Å²) in [6.07, 6.45) is 5.86. The third-order valence-corrected chi connectivity index (χ3v) is 7.46. The Kier molecular flexibility index (Phi) is 8.96. The van der Waals surface area contributed by atoms with E-state index in [0.717, 1.165) is 45.2 Å². The molecule has 1 aromatic carbocycles. The molecule has 0 unspecified atom stereocenters. The number of carbonyl (C=O) groups excluding carboxylic acids is 2. The quantitative estimate of drug-likeness (QED) is 0.577. The minimum absolute atomic E-state index is 0.0408. The van der Waals surface area contributed by atoms with Gasteiger partial charge in [0.25, 0.3) is 11.8 Å². The Balaban J connectivity index is 1.53. The van der Waals surface area contributed by atoms with Gasteiger partial charge in [0.1, 0.15) is 0 Å². The SMILES string of the molecule is CCOc1cc(C(=O)NCC2CCN(S(C)(=O)=O)CC2)ccc1OCC(=O)N1CCCCC1. The Bertz CT molecular complexity index is 922. The molecule has 0 aromatic heterocycles. The van der Waals surface area contributed by atoms with E-state index in [1.54, 1.807) is 18.2 Å². The summed E-state index contributed by atoms with van der Waals surface area (Å²) in [7, 11) is -3.16. The lowest BCUT2D eigenvalue weighted by atomic mass is 9.98. The van der Waals surface area contributed by atoms with E-state index < -0.39 is 10.0 Å². The average molecular weight is 482 g/mol. The first-order chi connectivity index (χ1) is 15.8. The molecule has 1 N–H and O–H groups in total. The summed E-state index contributed by atoms with van der Waals surface area (Å²) in [4.78, 5) is 26.9. The number of benzene rings is 1. The summed E-state index contributed by atoms with van der Waals surface area (Å²) in [5, 5.41) is 2.94. The molecule has 3 rings (SSSR count). The number of amides is 2. The third kappa shape index (κ3) is 7.33. The largest absolute Gasteiger partial charge is 0.490 e. The van der Waals surface area contributed by atoms with Crippen LogP contribution in [0.3, 0.4) is 0 Å². The number of ether oxygens (including phenoxy) is 2. The number of nitrogens with one attached hydrogen (secondary N) is 1. The first-order valence-corrected chi connectivity index (χ1v) is 13.5. The lowest BCUT2D eigenvalue weighted by Crippen LogP contribution is -2.41. The van der Waals surface area contributed by atoms with E-state index in [4.69, 9.17) is 9.47 Å². The van der Waals surface area contributed by atoms with Gasteiger partial charge < -0.3 is 19.7 Å². The van der Waals surface area contributed by atoms with E-state index in [1.165, 1.54) is 10.6 Å². The molecule has 33 heavy (non-hydrogen) atoms. The van der Waals surface area contributed by atoms with Gasteiger partial charge in [-0.25, -0.2) is 12.7 Å². The van der Waals surface area contributed by atoms with E-state index in [-0.39, 0.29) is 24.3 Å². The van der Waals surface area contributed by atoms with Gasteiger partial charge in [-0.15, -0.1) is 0 Å². The molecular formula is C23H35N3O6S. The van der Waals surface area contributed by atoms with Crippen LogP contribution in [0.5, 0.6) is 11.5 Å². The third-order valence-electron chi connectivity index (χ3n) is 6.16. The van der Waals surface area contributed by atoms with Crippen LogP contribution in [-0.4, -0.2) is 81.6 Å². The molecule has 0 aliphatic carbocycles. The lowest BCUT2D eigenvalue weighted by Gasteiger charge is -2.30. The van der Waals surface area contributed by atoms with Crippen molar-refractivity contribution in [1.82, 2.24) is 14.5 Å². The van der Waals surface area contributed by atoms with Gasteiger partial charge >= 0.3 is 0 Å². The lowest BCUT2D eigenvalue weighted by molar-refractivity contribution is -0.134. The monoisotopic (exact) mass is 481 g/mol. The molecule has 184 valence electrons. The van der Waals surface area contributed by atoms with Crippen molar-refractivity contribution in [3.05, 3.63) is 23.8 Å². The van der Waals surface area contributed by atoms with Gasteiger partial charge in [0, 0.05) is 38.3 Å². The van der Waals surface area contributed by atoms with Crippen LogP contribution < -0.4 is 14.8 Å². The van der Waals surface area contributed by atoms with Crippen molar-refractivity contribution < 1.29 is 27.5 Å². The molecule has 2 saturated heterocycles. The molecule has 0 spiro atoms. The Morgan fingerprint density at radius 2 is 1.73 bits per heavy atom. The average Bonchev–Trinajstić information content (AvgIpc) is 2.82. The van der Waals surface area contributed by atoms with Gasteiger partial charge in [-0.05, 0) is 63.1 Å². The van der Waals surface area contributed by atoms with Gasteiger partial charge in [0.15, 0.2) is 18.1 Å². The molecule has 0 atom stereocenters. The van der Waals surface area contributed by atoms with E-state index in [9.17, 15) is 18.0 Å². The second kappa shape index (κ2) is 11.7. The number of rotatable bonds is 9. The standard InChI is InChI=1S/C23H35N3O6S/c1-3-31-21-15-19(7-8-20(21)32-17-22(27)25-11-5-4-6-12-25)23(28)24-16-18-9-13-26(14-10-18)33(2,29)30/h7-8,15,18H,3-6,9-14,16-17H2,1-2H3,(H,24,28). The molecule has 0 bridgehead atoms. The highest BCUT2D eigenvalue weighted by Crippen LogP contribution is 2.29. The fourth-order valence-corrected chi connectivity index (χ4v) is 5.07. The molecule has 0 saturated carbocycles. The van der Waals surface area contributed by atoms with Crippen LogP contribution in [0.2, 0.25) is 0 Å².